The molecule has 0 bridgehead atoms. The summed E-state index contributed by atoms with van der Waals surface area (Å²) in [7, 11) is 1.42. The van der Waals surface area contributed by atoms with Crippen LogP contribution in [-0.4, -0.2) is 65.3 Å². The lowest BCUT2D eigenvalue weighted by Gasteiger charge is -2.23. The Hall–Kier alpha value is -2.74. The van der Waals surface area contributed by atoms with Crippen molar-refractivity contribution < 1.29 is 24.3 Å². The topological polar surface area (TPSA) is 107 Å². The highest BCUT2D eigenvalue weighted by Crippen LogP contribution is 2.48. The van der Waals surface area contributed by atoms with Crippen molar-refractivity contribution in [2.45, 2.75) is 19.3 Å². The molecule has 0 aromatic heterocycles. The van der Waals surface area contributed by atoms with Crippen LogP contribution in [-0.2, 0) is 9.59 Å². The molecule has 0 unspecified atom stereocenters. The molecule has 27 heavy (non-hydrogen) atoms. The lowest BCUT2D eigenvalue weighted by Crippen LogP contribution is -2.37. The molecule has 2 N–H and O–H groups in total. The Morgan fingerprint density at radius 2 is 2.00 bits per heavy atom. The van der Waals surface area contributed by atoms with E-state index in [1.807, 2.05) is 4.90 Å². The van der Waals surface area contributed by atoms with Crippen LogP contribution in [0.3, 0.4) is 0 Å². The highest BCUT2D eigenvalue weighted by molar-refractivity contribution is 6.21. The van der Waals surface area contributed by atoms with E-state index in [1.54, 1.807) is 6.07 Å². The summed E-state index contributed by atoms with van der Waals surface area (Å²) in [5.41, 5.74) is 0.338. The second-order valence-electron chi connectivity index (χ2n) is 7.70. The molecular weight excluding hydrogens is 350 g/mol. The molecule has 3 aliphatic rings. The molecule has 1 saturated carbocycles. The van der Waals surface area contributed by atoms with E-state index in [0.29, 0.717) is 30.8 Å². The van der Waals surface area contributed by atoms with Crippen molar-refractivity contribution in [3.63, 3.8) is 0 Å². The largest absolute Gasteiger partial charge is 0.481 e. The first kappa shape index (κ1) is 17.7. The van der Waals surface area contributed by atoms with Crippen molar-refractivity contribution in [2.75, 3.05) is 32.0 Å². The van der Waals surface area contributed by atoms with E-state index in [2.05, 4.69) is 5.32 Å². The third kappa shape index (κ3) is 2.71. The van der Waals surface area contributed by atoms with Gasteiger partial charge >= 0.3 is 5.97 Å². The molecular formula is C19H21N3O5. The number of carboxylic acids is 1. The molecule has 8 heteroatoms. The number of fused-ring (bicyclic) bond motifs is 2. The van der Waals surface area contributed by atoms with Crippen LogP contribution in [0.1, 0.15) is 40.0 Å². The minimum absolute atomic E-state index is 0.0990. The van der Waals surface area contributed by atoms with Crippen molar-refractivity contribution in [2.24, 2.45) is 11.3 Å². The summed E-state index contributed by atoms with van der Waals surface area (Å²) in [5.74, 6) is -1.67. The lowest BCUT2D eigenvalue weighted by atomic mass is 9.81. The van der Waals surface area contributed by atoms with Gasteiger partial charge in [-0.2, -0.15) is 0 Å². The zero-order valence-corrected chi connectivity index (χ0v) is 15.0. The fourth-order valence-corrected chi connectivity index (χ4v) is 4.71. The molecule has 1 aromatic rings. The van der Waals surface area contributed by atoms with Crippen LogP contribution in [0.15, 0.2) is 18.2 Å². The van der Waals surface area contributed by atoms with Crippen molar-refractivity contribution in [3.8, 4) is 0 Å². The van der Waals surface area contributed by atoms with Gasteiger partial charge in [0, 0.05) is 25.8 Å². The highest BCUT2D eigenvalue weighted by Gasteiger charge is 2.54. The van der Waals surface area contributed by atoms with E-state index in [0.717, 1.165) is 17.7 Å². The van der Waals surface area contributed by atoms with Crippen LogP contribution in [0.4, 0.5) is 5.69 Å². The number of anilines is 1. The van der Waals surface area contributed by atoms with E-state index in [1.165, 1.54) is 19.2 Å². The van der Waals surface area contributed by atoms with Crippen LogP contribution >= 0.6 is 0 Å². The van der Waals surface area contributed by atoms with Gasteiger partial charge in [0.2, 0.25) is 5.91 Å². The van der Waals surface area contributed by atoms with E-state index in [4.69, 9.17) is 0 Å². The number of carbonyl (C=O) groups is 4. The van der Waals surface area contributed by atoms with Crippen molar-refractivity contribution in [3.05, 3.63) is 29.3 Å². The van der Waals surface area contributed by atoms with Gasteiger partial charge in [0.25, 0.3) is 11.8 Å². The number of imide groups is 1. The van der Waals surface area contributed by atoms with Gasteiger partial charge in [-0.3, -0.25) is 29.0 Å². The highest BCUT2D eigenvalue weighted by atomic mass is 16.4. The number of hydrogen-bond donors (Lipinski definition) is 2. The van der Waals surface area contributed by atoms with Crippen molar-refractivity contribution in [1.29, 1.82) is 0 Å². The maximum absolute atomic E-state index is 12.4. The molecule has 1 aromatic carbocycles. The van der Waals surface area contributed by atoms with E-state index >= 15 is 0 Å². The number of aliphatic carboxylic acids is 1. The molecule has 3 amide bonds. The van der Waals surface area contributed by atoms with Crippen LogP contribution in [0.25, 0.3) is 0 Å². The van der Waals surface area contributed by atoms with Gasteiger partial charge < -0.3 is 10.4 Å². The number of nitrogens with zero attached hydrogens (tertiary/aromatic N) is 2. The number of amides is 3. The zero-order valence-electron chi connectivity index (χ0n) is 15.0. The molecule has 2 aliphatic heterocycles. The number of carbonyl (C=O) groups excluding carboxylic acids is 3. The maximum Gasteiger partial charge on any atom is 0.311 e. The fourth-order valence-electron chi connectivity index (χ4n) is 4.71. The average molecular weight is 371 g/mol. The first-order valence-electron chi connectivity index (χ1n) is 9.04. The van der Waals surface area contributed by atoms with E-state index < -0.39 is 11.4 Å². The normalized spacial score (nSPS) is 27.0. The predicted molar refractivity (Wildman–Crippen MR) is 95.3 cm³/mol. The van der Waals surface area contributed by atoms with Gasteiger partial charge in [0.05, 0.1) is 23.1 Å². The van der Waals surface area contributed by atoms with Gasteiger partial charge in [0.1, 0.15) is 0 Å². The van der Waals surface area contributed by atoms with Crippen molar-refractivity contribution in [1.82, 2.24) is 9.80 Å². The SMILES string of the molecule is CN1C(=O)c2ccc(NC(=O)CN3C[C@@H]4CCC[C@@]4(C(=O)O)C3)cc2C1=O. The van der Waals surface area contributed by atoms with Crippen LogP contribution in [0, 0.1) is 11.3 Å². The smallest absolute Gasteiger partial charge is 0.311 e. The van der Waals surface area contributed by atoms with E-state index in [-0.39, 0.29) is 35.7 Å². The Balaban J connectivity index is 1.42. The molecule has 0 radical (unpaired) electrons. The van der Waals surface area contributed by atoms with Gasteiger partial charge in [-0.15, -0.1) is 0 Å². The summed E-state index contributed by atoms with van der Waals surface area (Å²) in [5, 5.41) is 12.4. The second kappa shape index (κ2) is 6.16. The number of benzene rings is 1. The Kier molecular flexibility index (Phi) is 4.03. The Bertz CT molecular complexity index is 867. The molecule has 1 aliphatic carbocycles. The molecule has 142 valence electrons. The third-order valence-electron chi connectivity index (χ3n) is 6.11. The van der Waals surface area contributed by atoms with Gasteiger partial charge in [0.15, 0.2) is 0 Å². The molecule has 1 saturated heterocycles. The Labute approximate surface area is 156 Å². The molecule has 0 spiro atoms. The number of nitrogens with one attached hydrogen (secondary N) is 1. The number of hydrogen-bond acceptors (Lipinski definition) is 5. The van der Waals surface area contributed by atoms with Crippen LogP contribution in [0.5, 0.6) is 0 Å². The number of likely N-dealkylation sites (tertiary alicyclic amines) is 1. The Morgan fingerprint density at radius 3 is 2.70 bits per heavy atom. The van der Waals surface area contributed by atoms with Gasteiger partial charge in [-0.25, -0.2) is 0 Å². The van der Waals surface area contributed by atoms with Crippen molar-refractivity contribution >= 4 is 29.4 Å². The van der Waals surface area contributed by atoms with Crippen LogP contribution < -0.4 is 5.32 Å². The van der Waals surface area contributed by atoms with E-state index in [9.17, 15) is 24.3 Å². The summed E-state index contributed by atoms with van der Waals surface area (Å²) in [6, 6.07) is 4.64. The summed E-state index contributed by atoms with van der Waals surface area (Å²) < 4.78 is 0. The quantitative estimate of drug-likeness (QED) is 0.766. The Morgan fingerprint density at radius 1 is 1.26 bits per heavy atom. The average Bonchev–Trinajstić information content (AvgIpc) is 3.22. The predicted octanol–water partition coefficient (Wildman–Crippen LogP) is 1.04. The summed E-state index contributed by atoms with van der Waals surface area (Å²) >= 11 is 0. The van der Waals surface area contributed by atoms with Gasteiger partial charge in [-0.1, -0.05) is 6.42 Å². The first-order chi connectivity index (χ1) is 12.8. The second-order valence-corrected chi connectivity index (χ2v) is 7.70. The lowest BCUT2D eigenvalue weighted by molar-refractivity contribution is -0.149. The van der Waals surface area contributed by atoms with Crippen LogP contribution in [0.2, 0.25) is 0 Å². The molecule has 2 heterocycles. The number of rotatable bonds is 4. The summed E-state index contributed by atoms with van der Waals surface area (Å²) in [4.78, 5) is 51.1. The molecule has 8 nitrogen and oxygen atoms in total. The molecule has 2 atom stereocenters. The first-order valence-corrected chi connectivity index (χ1v) is 9.04. The maximum atomic E-state index is 12.4. The standard InChI is InChI=1S/C19H21N3O5/c1-21-16(24)13-5-4-12(7-14(13)17(21)25)20-15(23)9-22-8-11-3-2-6-19(11,10-22)18(26)27/h4-5,7,11H,2-3,6,8-10H2,1H3,(H,20,23)(H,26,27)/t11-,19+/m0/s1. The monoisotopic (exact) mass is 371 g/mol. The fraction of sp³-hybridized carbons (Fsp3) is 0.474. The minimum Gasteiger partial charge on any atom is -0.481 e. The minimum atomic E-state index is -0.765. The van der Waals surface area contributed by atoms with Gasteiger partial charge in [-0.05, 0) is 37.0 Å². The molecule has 4 rings (SSSR count). The molecule has 2 fully saturated rings. The number of carboxylic acid groups (broad SMARTS) is 1. The summed E-state index contributed by atoms with van der Waals surface area (Å²) in [6.07, 6.45) is 2.48. The summed E-state index contributed by atoms with van der Waals surface area (Å²) in [6.45, 7) is 1.11. The third-order valence-corrected chi connectivity index (χ3v) is 6.11. The zero-order chi connectivity index (χ0) is 19.3.